The summed E-state index contributed by atoms with van der Waals surface area (Å²) in [5, 5.41) is 2.93. The van der Waals surface area contributed by atoms with Gasteiger partial charge in [0.05, 0.1) is 25.4 Å². The zero-order valence-electron chi connectivity index (χ0n) is 29.0. The van der Waals surface area contributed by atoms with Crippen LogP contribution in [0.3, 0.4) is 0 Å². The van der Waals surface area contributed by atoms with E-state index < -0.39 is 53.2 Å². The Hall–Kier alpha value is -3.40. The SMILES string of the molecule is CCOC(=O)/C(C)=C/[C@H](C(C)C)N(C)C(=O)[C@@H](NC(=O)[C@H]([C@@H](C)OCc1ccccc1)N(C)C(=O)OC(C)(C)C)C(C)(C)C. The van der Waals surface area contributed by atoms with Gasteiger partial charge >= 0.3 is 12.1 Å². The average molecular weight is 618 g/mol. The topological polar surface area (TPSA) is 114 Å². The molecule has 10 heteroatoms. The number of likely N-dealkylation sites (N-methyl/N-ethyl adjacent to an activating group) is 2. The summed E-state index contributed by atoms with van der Waals surface area (Å²) in [4.78, 5) is 56.3. The van der Waals surface area contributed by atoms with Crippen molar-refractivity contribution in [3.05, 3.63) is 47.5 Å². The highest BCUT2D eigenvalue weighted by Crippen LogP contribution is 2.25. The first-order valence-electron chi connectivity index (χ1n) is 15.2. The quantitative estimate of drug-likeness (QED) is 0.234. The summed E-state index contributed by atoms with van der Waals surface area (Å²) in [7, 11) is 3.14. The molecule has 0 aliphatic heterocycles. The maximum atomic E-state index is 14.1. The number of carbonyl (C=O) groups excluding carboxylic acids is 4. The van der Waals surface area contributed by atoms with Crippen LogP contribution in [0.1, 0.15) is 81.7 Å². The minimum absolute atomic E-state index is 0.0397. The van der Waals surface area contributed by atoms with E-state index in [0.29, 0.717) is 5.57 Å². The van der Waals surface area contributed by atoms with Crippen molar-refractivity contribution >= 4 is 23.9 Å². The van der Waals surface area contributed by atoms with Gasteiger partial charge in [0.25, 0.3) is 0 Å². The Morgan fingerprint density at radius 3 is 1.98 bits per heavy atom. The van der Waals surface area contributed by atoms with Crippen LogP contribution in [-0.4, -0.2) is 84.2 Å². The maximum absolute atomic E-state index is 14.1. The van der Waals surface area contributed by atoms with Crippen LogP contribution < -0.4 is 5.32 Å². The maximum Gasteiger partial charge on any atom is 0.410 e. The molecule has 0 aliphatic carbocycles. The lowest BCUT2D eigenvalue weighted by Crippen LogP contribution is -2.61. The summed E-state index contributed by atoms with van der Waals surface area (Å²) in [5.74, 6) is -1.38. The number of carbonyl (C=O) groups is 4. The smallest absolute Gasteiger partial charge is 0.410 e. The number of benzene rings is 1. The fourth-order valence-corrected chi connectivity index (χ4v) is 4.59. The predicted molar refractivity (Wildman–Crippen MR) is 172 cm³/mol. The van der Waals surface area contributed by atoms with Crippen LogP contribution in [0.15, 0.2) is 42.0 Å². The molecular weight excluding hydrogens is 562 g/mol. The van der Waals surface area contributed by atoms with Crippen molar-refractivity contribution in [2.45, 2.75) is 113 Å². The van der Waals surface area contributed by atoms with Crippen LogP contribution in [0.5, 0.6) is 0 Å². The number of amides is 3. The van der Waals surface area contributed by atoms with Gasteiger partial charge in [0.15, 0.2) is 0 Å². The van der Waals surface area contributed by atoms with E-state index in [2.05, 4.69) is 5.32 Å². The van der Waals surface area contributed by atoms with E-state index in [1.165, 1.54) is 11.9 Å². The van der Waals surface area contributed by atoms with Crippen molar-refractivity contribution in [2.24, 2.45) is 11.3 Å². The molecule has 1 N–H and O–H groups in total. The van der Waals surface area contributed by atoms with Gasteiger partial charge in [-0.2, -0.15) is 0 Å². The minimum Gasteiger partial charge on any atom is -0.463 e. The number of rotatable bonds is 13. The summed E-state index contributed by atoms with van der Waals surface area (Å²) in [6.07, 6.45) is 0.281. The second-order valence-corrected chi connectivity index (χ2v) is 13.6. The summed E-state index contributed by atoms with van der Waals surface area (Å²) in [6, 6.07) is 6.99. The fraction of sp³-hybridized carbons (Fsp3) is 0.647. The Balaban J connectivity index is 3.41. The molecule has 44 heavy (non-hydrogen) atoms. The van der Waals surface area contributed by atoms with Gasteiger partial charge in [-0.1, -0.05) is 71.0 Å². The number of esters is 1. The summed E-state index contributed by atoms with van der Waals surface area (Å²) >= 11 is 0. The zero-order chi connectivity index (χ0) is 34.0. The number of hydrogen-bond donors (Lipinski definition) is 1. The molecule has 0 aromatic heterocycles. The second kappa shape index (κ2) is 16.6. The Morgan fingerprint density at radius 2 is 1.50 bits per heavy atom. The van der Waals surface area contributed by atoms with Crippen molar-refractivity contribution in [1.29, 1.82) is 0 Å². The lowest BCUT2D eigenvalue weighted by Gasteiger charge is -2.39. The average Bonchev–Trinajstić information content (AvgIpc) is 2.91. The first-order valence-corrected chi connectivity index (χ1v) is 15.2. The number of nitrogens with one attached hydrogen (secondary N) is 1. The first-order chi connectivity index (χ1) is 20.2. The first kappa shape index (κ1) is 38.6. The molecule has 1 rings (SSSR count). The molecule has 0 heterocycles. The molecule has 0 saturated heterocycles. The van der Waals surface area contributed by atoms with Crippen molar-refractivity contribution in [3.8, 4) is 0 Å². The molecular formula is C34H55N3O7. The molecule has 3 amide bonds. The number of hydrogen-bond acceptors (Lipinski definition) is 7. The standard InChI is InChI=1S/C34H55N3O7/c1-14-42-31(40)23(4)20-26(22(2)3)36(12)30(39)28(33(6,7)8)35-29(38)27(37(13)32(41)44-34(9,10)11)24(5)43-21-25-18-16-15-17-19-25/h15-20,22,24,26-28H,14,21H2,1-13H3,(H,35,38)/b23-20+/t24-,26-,27+,28-/m1/s1. The molecule has 4 atom stereocenters. The third-order valence-corrected chi connectivity index (χ3v) is 7.06. The van der Waals surface area contributed by atoms with E-state index in [4.69, 9.17) is 14.2 Å². The van der Waals surface area contributed by atoms with Crippen LogP contribution in [0, 0.1) is 11.3 Å². The van der Waals surface area contributed by atoms with E-state index in [1.54, 1.807) is 59.6 Å². The van der Waals surface area contributed by atoms with Crippen molar-refractivity contribution in [3.63, 3.8) is 0 Å². The minimum atomic E-state index is -1.11. The Kier molecular flexibility index (Phi) is 14.6. The lowest BCUT2D eigenvalue weighted by atomic mass is 9.84. The van der Waals surface area contributed by atoms with Crippen LogP contribution in [0.4, 0.5) is 4.79 Å². The molecule has 248 valence electrons. The Morgan fingerprint density at radius 1 is 0.932 bits per heavy atom. The second-order valence-electron chi connectivity index (χ2n) is 13.6. The van der Waals surface area contributed by atoms with E-state index in [-0.39, 0.29) is 25.0 Å². The van der Waals surface area contributed by atoms with E-state index in [1.807, 2.05) is 65.0 Å². The largest absolute Gasteiger partial charge is 0.463 e. The highest BCUT2D eigenvalue weighted by atomic mass is 16.6. The summed E-state index contributed by atoms with van der Waals surface area (Å²) in [6.45, 7) is 20.3. The molecule has 0 bridgehead atoms. The van der Waals surface area contributed by atoms with Crippen molar-refractivity contribution in [1.82, 2.24) is 15.1 Å². The highest BCUT2D eigenvalue weighted by Gasteiger charge is 2.41. The highest BCUT2D eigenvalue weighted by molar-refractivity contribution is 5.92. The van der Waals surface area contributed by atoms with Crippen molar-refractivity contribution < 1.29 is 33.4 Å². The lowest BCUT2D eigenvalue weighted by molar-refractivity contribution is -0.143. The molecule has 0 unspecified atom stereocenters. The van der Waals surface area contributed by atoms with Gasteiger partial charge in [-0.25, -0.2) is 9.59 Å². The Bertz CT molecular complexity index is 1140. The van der Waals surface area contributed by atoms with Gasteiger partial charge in [-0.15, -0.1) is 0 Å². The van der Waals surface area contributed by atoms with E-state index in [9.17, 15) is 19.2 Å². The van der Waals surface area contributed by atoms with Crippen LogP contribution in [0.25, 0.3) is 0 Å². The summed E-state index contributed by atoms with van der Waals surface area (Å²) in [5.41, 5.74) is -0.182. The van der Waals surface area contributed by atoms with Crippen LogP contribution >= 0.6 is 0 Å². The molecule has 0 radical (unpaired) electrons. The van der Waals surface area contributed by atoms with Crippen LogP contribution in [0.2, 0.25) is 0 Å². The third-order valence-electron chi connectivity index (χ3n) is 7.06. The molecule has 10 nitrogen and oxygen atoms in total. The molecule has 1 aromatic rings. The Labute approximate surface area is 264 Å². The monoisotopic (exact) mass is 617 g/mol. The predicted octanol–water partition coefficient (Wildman–Crippen LogP) is 5.35. The molecule has 0 saturated carbocycles. The fourth-order valence-electron chi connectivity index (χ4n) is 4.59. The van der Waals surface area contributed by atoms with Gasteiger partial charge in [0.1, 0.15) is 17.7 Å². The molecule has 0 aliphatic rings. The third kappa shape index (κ3) is 11.9. The summed E-state index contributed by atoms with van der Waals surface area (Å²) < 4.78 is 16.8. The zero-order valence-corrected chi connectivity index (χ0v) is 29.0. The van der Waals surface area contributed by atoms with E-state index >= 15 is 0 Å². The van der Waals surface area contributed by atoms with Crippen LogP contribution in [-0.2, 0) is 35.2 Å². The van der Waals surface area contributed by atoms with Gasteiger partial charge < -0.3 is 24.4 Å². The van der Waals surface area contributed by atoms with Gasteiger partial charge in [-0.05, 0) is 58.4 Å². The molecule has 0 fully saturated rings. The normalized spacial score (nSPS) is 15.1. The number of ether oxygens (including phenoxy) is 3. The van der Waals surface area contributed by atoms with E-state index in [0.717, 1.165) is 5.56 Å². The molecule has 0 spiro atoms. The molecule has 1 aromatic carbocycles. The van der Waals surface area contributed by atoms with Gasteiger partial charge in [0, 0.05) is 19.7 Å². The van der Waals surface area contributed by atoms with Crippen molar-refractivity contribution in [2.75, 3.05) is 20.7 Å². The van der Waals surface area contributed by atoms with Gasteiger partial charge in [-0.3, -0.25) is 14.5 Å². The van der Waals surface area contributed by atoms with Gasteiger partial charge in [0.2, 0.25) is 11.8 Å². The number of nitrogens with zero attached hydrogens (tertiary/aromatic N) is 2.